The topological polar surface area (TPSA) is 78.9 Å². The summed E-state index contributed by atoms with van der Waals surface area (Å²) in [5.74, 6) is -0.859. The average molecular weight is 1170 g/mol. The molecule has 0 heterocycles. The second-order valence-corrected chi connectivity index (χ2v) is 25.6. The van der Waals surface area contributed by atoms with Crippen LogP contribution in [0.25, 0.3) is 0 Å². The Hall–Kier alpha value is -2.37. The van der Waals surface area contributed by atoms with Crippen LogP contribution in [0.4, 0.5) is 0 Å². The Bertz CT molecular complexity index is 1380. The van der Waals surface area contributed by atoms with Gasteiger partial charge in [0.15, 0.2) is 6.10 Å². The van der Waals surface area contributed by atoms with Gasteiger partial charge in [0.2, 0.25) is 0 Å². The zero-order chi connectivity index (χ0) is 59.9. The molecule has 0 amide bonds. The van der Waals surface area contributed by atoms with Crippen molar-refractivity contribution in [2.24, 2.45) is 0 Å². The predicted octanol–water partition coefficient (Wildman–Crippen LogP) is 25.9. The van der Waals surface area contributed by atoms with Gasteiger partial charge in [-0.05, 0) is 77.0 Å². The lowest BCUT2D eigenvalue weighted by atomic mass is 10.0. The van der Waals surface area contributed by atoms with Gasteiger partial charge in [-0.15, -0.1) is 0 Å². The van der Waals surface area contributed by atoms with Crippen molar-refractivity contribution in [2.75, 3.05) is 13.2 Å². The molecule has 6 heteroatoms. The molecule has 0 aromatic heterocycles. The van der Waals surface area contributed by atoms with Crippen molar-refractivity contribution in [1.29, 1.82) is 0 Å². The molecule has 1 unspecified atom stereocenters. The number of esters is 3. The molecule has 0 aliphatic rings. The van der Waals surface area contributed by atoms with Crippen molar-refractivity contribution < 1.29 is 28.6 Å². The lowest BCUT2D eigenvalue weighted by Gasteiger charge is -2.18. The summed E-state index contributed by atoms with van der Waals surface area (Å²) >= 11 is 0. The first kappa shape index (κ1) is 80.6. The van der Waals surface area contributed by atoms with Crippen molar-refractivity contribution in [3.63, 3.8) is 0 Å². The smallest absolute Gasteiger partial charge is 0.306 e. The summed E-state index contributed by atoms with van der Waals surface area (Å²) in [5.41, 5.74) is 0. The maximum absolute atomic E-state index is 13.0. The molecule has 1 atom stereocenters. The molecule has 0 fully saturated rings. The number of ether oxygens (including phenoxy) is 3. The van der Waals surface area contributed by atoms with Gasteiger partial charge < -0.3 is 14.2 Å². The highest BCUT2D eigenvalue weighted by atomic mass is 16.6. The van der Waals surface area contributed by atoms with Crippen LogP contribution in [-0.4, -0.2) is 37.2 Å². The number of hydrogen-bond acceptors (Lipinski definition) is 6. The maximum Gasteiger partial charge on any atom is 0.306 e. The van der Waals surface area contributed by atoms with E-state index in [1.807, 2.05) is 0 Å². The summed E-state index contributed by atoms with van der Waals surface area (Å²) in [6.45, 7) is 6.68. The van der Waals surface area contributed by atoms with Gasteiger partial charge in [-0.3, -0.25) is 14.4 Å². The third kappa shape index (κ3) is 70.3. The van der Waals surface area contributed by atoms with E-state index in [0.717, 1.165) is 77.0 Å². The summed E-state index contributed by atoms with van der Waals surface area (Å²) in [6.07, 6.45) is 90.5. The van der Waals surface area contributed by atoms with Gasteiger partial charge in [0.25, 0.3) is 0 Å². The van der Waals surface area contributed by atoms with Crippen LogP contribution < -0.4 is 0 Å². The van der Waals surface area contributed by atoms with Crippen LogP contribution in [0.2, 0.25) is 0 Å². The first-order chi connectivity index (χ1) is 41.0. The van der Waals surface area contributed by atoms with Gasteiger partial charge in [-0.25, -0.2) is 0 Å². The van der Waals surface area contributed by atoms with Crippen LogP contribution in [0.3, 0.4) is 0 Å². The Balaban J connectivity index is 4.21. The summed E-state index contributed by atoms with van der Waals surface area (Å²) in [5, 5.41) is 0. The fourth-order valence-corrected chi connectivity index (χ4v) is 11.5. The fourth-order valence-electron chi connectivity index (χ4n) is 11.5. The molecule has 488 valence electrons. The Morgan fingerprint density at radius 3 is 0.699 bits per heavy atom. The third-order valence-corrected chi connectivity index (χ3v) is 17.1. The molecule has 83 heavy (non-hydrogen) atoms. The molecule has 0 saturated heterocycles. The fraction of sp³-hybridized carbons (Fsp3) is 0.883. The Labute approximate surface area is 518 Å². The zero-order valence-corrected chi connectivity index (χ0v) is 56.2. The second kappa shape index (κ2) is 72.1. The van der Waals surface area contributed by atoms with Crippen LogP contribution in [0, 0.1) is 0 Å². The molecule has 0 N–H and O–H groups in total. The predicted molar refractivity (Wildman–Crippen MR) is 362 cm³/mol. The first-order valence-electron chi connectivity index (χ1n) is 37.5. The quantitative estimate of drug-likeness (QED) is 0.0261. The largest absolute Gasteiger partial charge is 0.462 e. The molecule has 0 aromatic carbocycles. The van der Waals surface area contributed by atoms with Crippen molar-refractivity contribution in [2.45, 2.75) is 425 Å². The molecular weight excluding hydrogens is 1020 g/mol. The number of rotatable bonds is 70. The average Bonchev–Trinajstić information content (AvgIpc) is 3.49. The van der Waals surface area contributed by atoms with E-state index in [9.17, 15) is 14.4 Å². The maximum atomic E-state index is 13.0. The van der Waals surface area contributed by atoms with Crippen LogP contribution in [0.5, 0.6) is 0 Å². The molecular formula is C77H144O6. The van der Waals surface area contributed by atoms with E-state index in [4.69, 9.17) is 14.2 Å². The SMILES string of the molecule is CCCCC/C=C\C/C=C\CCCCCCCC(=O)OCC(COC(=O)CCCCCCCCCCCCCCCCCCCCCCCCCCCCCCC)OC(=O)CCCCCCCCCCC/C=C\CCCCCCCCCC. The first-order valence-corrected chi connectivity index (χ1v) is 37.5. The lowest BCUT2D eigenvalue weighted by molar-refractivity contribution is -0.167. The van der Waals surface area contributed by atoms with Crippen molar-refractivity contribution >= 4 is 17.9 Å². The molecule has 0 radical (unpaired) electrons. The van der Waals surface area contributed by atoms with E-state index >= 15 is 0 Å². The van der Waals surface area contributed by atoms with Crippen LogP contribution in [0.1, 0.15) is 419 Å². The Kier molecular flexibility index (Phi) is 70.0. The lowest BCUT2D eigenvalue weighted by Crippen LogP contribution is -2.30. The summed E-state index contributed by atoms with van der Waals surface area (Å²) in [4.78, 5) is 38.5. The molecule has 0 saturated carbocycles. The Morgan fingerprint density at radius 2 is 0.434 bits per heavy atom. The third-order valence-electron chi connectivity index (χ3n) is 17.1. The minimum atomic E-state index is -0.779. The summed E-state index contributed by atoms with van der Waals surface area (Å²) in [7, 11) is 0. The normalized spacial score (nSPS) is 12.2. The molecule has 0 bridgehead atoms. The molecule has 0 spiro atoms. The minimum Gasteiger partial charge on any atom is -0.462 e. The number of carbonyl (C=O) groups is 3. The molecule has 0 rings (SSSR count). The van der Waals surface area contributed by atoms with Crippen molar-refractivity contribution in [3.05, 3.63) is 36.5 Å². The second-order valence-electron chi connectivity index (χ2n) is 25.6. The van der Waals surface area contributed by atoms with E-state index in [0.29, 0.717) is 19.3 Å². The highest BCUT2D eigenvalue weighted by Crippen LogP contribution is 2.19. The Morgan fingerprint density at radius 1 is 0.241 bits per heavy atom. The van der Waals surface area contributed by atoms with Gasteiger partial charge in [0.1, 0.15) is 13.2 Å². The highest BCUT2D eigenvalue weighted by molar-refractivity contribution is 5.71. The minimum absolute atomic E-state index is 0.0727. The van der Waals surface area contributed by atoms with Crippen LogP contribution in [0.15, 0.2) is 36.5 Å². The van der Waals surface area contributed by atoms with Gasteiger partial charge in [0.05, 0.1) is 0 Å². The molecule has 0 aromatic rings. The number of hydrogen-bond donors (Lipinski definition) is 0. The van der Waals surface area contributed by atoms with Crippen LogP contribution >= 0.6 is 0 Å². The molecule has 0 aliphatic carbocycles. The van der Waals surface area contributed by atoms with Gasteiger partial charge in [-0.2, -0.15) is 0 Å². The van der Waals surface area contributed by atoms with Gasteiger partial charge >= 0.3 is 17.9 Å². The standard InChI is InChI=1S/C77H144O6/c1-4-7-10-13-16-19-22-25-28-30-32-34-35-36-37-38-39-40-41-43-44-46-49-52-55-58-61-64-67-70-76(79)82-73-74(72-81-75(78)69-66-63-60-57-54-51-48-27-24-21-18-15-12-9-6-3)83-77(80)71-68-65-62-59-56-53-50-47-45-42-33-31-29-26-23-20-17-14-11-8-5-2/h18,21,27,31,33,48,74H,4-17,19-20,22-26,28-30,32,34-47,49-73H2,1-3H3/b21-18-,33-31-,48-27-. The zero-order valence-electron chi connectivity index (χ0n) is 56.2. The van der Waals surface area contributed by atoms with Gasteiger partial charge in [0, 0.05) is 19.3 Å². The molecule has 0 aliphatic heterocycles. The number of allylic oxidation sites excluding steroid dienone is 6. The number of unbranched alkanes of at least 4 members (excludes halogenated alkanes) is 53. The van der Waals surface area contributed by atoms with Gasteiger partial charge in [-0.1, -0.05) is 359 Å². The summed E-state index contributed by atoms with van der Waals surface area (Å²) in [6, 6.07) is 0. The van der Waals surface area contributed by atoms with Crippen molar-refractivity contribution in [3.8, 4) is 0 Å². The molecule has 6 nitrogen and oxygen atoms in total. The monoisotopic (exact) mass is 1170 g/mol. The van der Waals surface area contributed by atoms with E-state index in [2.05, 4.69) is 57.2 Å². The highest BCUT2D eigenvalue weighted by Gasteiger charge is 2.20. The summed E-state index contributed by atoms with van der Waals surface area (Å²) < 4.78 is 17.0. The van der Waals surface area contributed by atoms with Crippen LogP contribution in [-0.2, 0) is 28.6 Å². The van der Waals surface area contributed by atoms with E-state index in [1.54, 1.807) is 0 Å². The van der Waals surface area contributed by atoms with E-state index in [-0.39, 0.29) is 31.1 Å². The number of carbonyl (C=O) groups excluding carboxylic acids is 3. The van der Waals surface area contributed by atoms with E-state index in [1.165, 1.54) is 302 Å². The van der Waals surface area contributed by atoms with E-state index < -0.39 is 6.10 Å². The van der Waals surface area contributed by atoms with Crippen molar-refractivity contribution in [1.82, 2.24) is 0 Å².